The van der Waals surface area contributed by atoms with Crippen molar-refractivity contribution in [2.45, 2.75) is 32.9 Å². The van der Waals surface area contributed by atoms with Crippen LogP contribution in [0.3, 0.4) is 0 Å². The molecule has 1 heterocycles. The van der Waals surface area contributed by atoms with Gasteiger partial charge in [0.2, 0.25) is 0 Å². The molecule has 1 atom stereocenters. The molecule has 0 aliphatic carbocycles. The van der Waals surface area contributed by atoms with E-state index >= 15 is 0 Å². The van der Waals surface area contributed by atoms with Crippen LogP contribution in [0, 0.1) is 0 Å². The van der Waals surface area contributed by atoms with E-state index in [9.17, 15) is 9.59 Å². The minimum Gasteiger partial charge on any atom is -0.493 e. The van der Waals surface area contributed by atoms with Gasteiger partial charge in [-0.05, 0) is 54.8 Å². The summed E-state index contributed by atoms with van der Waals surface area (Å²) in [6.45, 7) is 3.99. The third-order valence-corrected chi connectivity index (χ3v) is 5.76. The molecule has 1 aliphatic heterocycles. The van der Waals surface area contributed by atoms with Gasteiger partial charge in [0, 0.05) is 0 Å². The van der Waals surface area contributed by atoms with Crippen molar-refractivity contribution in [1.82, 2.24) is 10.2 Å². The standard InChI is InChI=1S/C22H21Cl3N2O4/c1-4-12(2)31-20-17(25)8-14(10-19(20)30-3)9-18-21(28)27(22(29)26-18)11-13-5-6-15(23)16(24)7-13/h5-10,12H,4,11H2,1-3H3,(H,26,29). The molecule has 0 radical (unpaired) electrons. The summed E-state index contributed by atoms with van der Waals surface area (Å²) in [5, 5.41) is 3.68. The lowest BCUT2D eigenvalue weighted by atomic mass is 10.1. The van der Waals surface area contributed by atoms with Gasteiger partial charge in [-0.3, -0.25) is 9.69 Å². The van der Waals surface area contributed by atoms with Gasteiger partial charge in [-0.2, -0.15) is 0 Å². The largest absolute Gasteiger partial charge is 0.493 e. The second kappa shape index (κ2) is 9.81. The number of rotatable bonds is 7. The van der Waals surface area contributed by atoms with Gasteiger partial charge in [-0.15, -0.1) is 0 Å². The fourth-order valence-electron chi connectivity index (χ4n) is 2.92. The van der Waals surface area contributed by atoms with Crippen LogP contribution in [0.1, 0.15) is 31.4 Å². The molecular weight excluding hydrogens is 463 g/mol. The van der Waals surface area contributed by atoms with Crippen LogP contribution in [-0.4, -0.2) is 30.1 Å². The maximum atomic E-state index is 12.8. The topological polar surface area (TPSA) is 67.9 Å². The Hall–Kier alpha value is -2.41. The number of nitrogens with one attached hydrogen (secondary N) is 1. The predicted molar refractivity (Wildman–Crippen MR) is 122 cm³/mol. The number of nitrogens with zero attached hydrogens (tertiary/aromatic N) is 1. The Labute approximate surface area is 195 Å². The number of imide groups is 1. The Morgan fingerprint density at radius 1 is 1.10 bits per heavy atom. The van der Waals surface area contributed by atoms with E-state index in [0.29, 0.717) is 37.7 Å². The second-order valence-electron chi connectivity index (χ2n) is 7.00. The van der Waals surface area contributed by atoms with E-state index in [1.54, 1.807) is 30.3 Å². The zero-order chi connectivity index (χ0) is 22.7. The van der Waals surface area contributed by atoms with Crippen LogP contribution in [0.2, 0.25) is 15.1 Å². The molecule has 9 heteroatoms. The molecule has 2 aromatic carbocycles. The molecule has 1 N–H and O–H groups in total. The molecule has 0 spiro atoms. The minimum absolute atomic E-state index is 0.0405. The SMILES string of the molecule is CCC(C)Oc1c(Cl)cc(C=C2NC(=O)N(Cc3ccc(Cl)c(Cl)c3)C2=O)cc1OC. The highest BCUT2D eigenvalue weighted by atomic mass is 35.5. The van der Waals surface area contributed by atoms with Crippen molar-refractivity contribution in [1.29, 1.82) is 0 Å². The normalized spacial score (nSPS) is 15.9. The lowest BCUT2D eigenvalue weighted by Crippen LogP contribution is -2.30. The van der Waals surface area contributed by atoms with Crippen molar-refractivity contribution in [2.75, 3.05) is 7.11 Å². The number of benzene rings is 2. The molecule has 0 aromatic heterocycles. The van der Waals surface area contributed by atoms with Crippen LogP contribution >= 0.6 is 34.8 Å². The van der Waals surface area contributed by atoms with Crippen molar-refractivity contribution in [3.8, 4) is 11.5 Å². The van der Waals surface area contributed by atoms with E-state index in [-0.39, 0.29) is 18.3 Å². The molecule has 2 aromatic rings. The molecule has 6 nitrogen and oxygen atoms in total. The molecule has 0 bridgehead atoms. The first-order chi connectivity index (χ1) is 14.7. The summed E-state index contributed by atoms with van der Waals surface area (Å²) in [6, 6.07) is 7.75. The molecule has 3 amide bonds. The number of carbonyl (C=O) groups is 2. The van der Waals surface area contributed by atoms with E-state index in [4.69, 9.17) is 44.3 Å². The summed E-state index contributed by atoms with van der Waals surface area (Å²) < 4.78 is 11.2. The number of hydrogen-bond acceptors (Lipinski definition) is 4. The van der Waals surface area contributed by atoms with Gasteiger partial charge < -0.3 is 14.8 Å². The number of methoxy groups -OCH3 is 1. The second-order valence-corrected chi connectivity index (χ2v) is 8.22. The fraction of sp³-hybridized carbons (Fsp3) is 0.273. The fourth-order valence-corrected chi connectivity index (χ4v) is 3.51. The van der Waals surface area contributed by atoms with Gasteiger partial charge in [-0.1, -0.05) is 47.8 Å². The van der Waals surface area contributed by atoms with Crippen molar-refractivity contribution >= 4 is 52.8 Å². The Morgan fingerprint density at radius 3 is 2.48 bits per heavy atom. The molecule has 1 fully saturated rings. The van der Waals surface area contributed by atoms with Crippen LogP contribution < -0.4 is 14.8 Å². The van der Waals surface area contributed by atoms with Crippen molar-refractivity contribution in [3.05, 3.63) is 62.2 Å². The monoisotopic (exact) mass is 482 g/mol. The average Bonchev–Trinajstić information content (AvgIpc) is 2.99. The highest BCUT2D eigenvalue weighted by Gasteiger charge is 2.33. The first-order valence-electron chi connectivity index (χ1n) is 9.56. The molecule has 0 saturated carbocycles. The van der Waals surface area contributed by atoms with E-state index in [1.807, 2.05) is 13.8 Å². The van der Waals surface area contributed by atoms with E-state index in [1.165, 1.54) is 13.2 Å². The first kappa shape index (κ1) is 23.3. The van der Waals surface area contributed by atoms with Gasteiger partial charge in [0.15, 0.2) is 11.5 Å². The predicted octanol–water partition coefficient (Wildman–Crippen LogP) is 5.93. The molecule has 1 aliphatic rings. The molecule has 31 heavy (non-hydrogen) atoms. The summed E-state index contributed by atoms with van der Waals surface area (Å²) in [5.74, 6) is 0.402. The number of urea groups is 1. The summed E-state index contributed by atoms with van der Waals surface area (Å²) in [6.07, 6.45) is 2.30. The lowest BCUT2D eigenvalue weighted by Gasteiger charge is -2.17. The van der Waals surface area contributed by atoms with Crippen molar-refractivity contribution in [2.24, 2.45) is 0 Å². The van der Waals surface area contributed by atoms with E-state index < -0.39 is 11.9 Å². The number of halogens is 3. The van der Waals surface area contributed by atoms with Crippen molar-refractivity contribution < 1.29 is 19.1 Å². The van der Waals surface area contributed by atoms with Crippen molar-refractivity contribution in [3.63, 3.8) is 0 Å². The Balaban J connectivity index is 1.85. The number of carbonyl (C=O) groups excluding carboxylic acids is 2. The first-order valence-corrected chi connectivity index (χ1v) is 10.7. The van der Waals surface area contributed by atoms with Crippen LogP contribution in [-0.2, 0) is 11.3 Å². The summed E-state index contributed by atoms with van der Waals surface area (Å²) >= 11 is 18.3. The third kappa shape index (κ3) is 5.26. The van der Waals surface area contributed by atoms with Gasteiger partial charge in [0.25, 0.3) is 5.91 Å². The quantitative estimate of drug-likeness (QED) is 0.392. The maximum absolute atomic E-state index is 12.8. The minimum atomic E-state index is -0.530. The average molecular weight is 484 g/mol. The lowest BCUT2D eigenvalue weighted by molar-refractivity contribution is -0.123. The van der Waals surface area contributed by atoms with Gasteiger partial charge in [0.1, 0.15) is 5.70 Å². The highest BCUT2D eigenvalue weighted by molar-refractivity contribution is 6.42. The summed E-state index contributed by atoms with van der Waals surface area (Å²) in [4.78, 5) is 26.2. The zero-order valence-electron chi connectivity index (χ0n) is 17.2. The van der Waals surface area contributed by atoms with Crippen LogP contribution in [0.5, 0.6) is 11.5 Å². The molecule has 1 unspecified atom stereocenters. The summed E-state index contributed by atoms with van der Waals surface area (Å²) in [7, 11) is 1.51. The number of ether oxygens (including phenoxy) is 2. The Kier molecular flexibility index (Phi) is 7.36. The highest BCUT2D eigenvalue weighted by Crippen LogP contribution is 2.38. The van der Waals surface area contributed by atoms with Crippen LogP contribution in [0.25, 0.3) is 6.08 Å². The maximum Gasteiger partial charge on any atom is 0.329 e. The number of hydrogen-bond donors (Lipinski definition) is 1. The summed E-state index contributed by atoms with van der Waals surface area (Å²) in [5.41, 5.74) is 1.38. The van der Waals surface area contributed by atoms with Crippen LogP contribution in [0.4, 0.5) is 4.79 Å². The van der Waals surface area contributed by atoms with Crippen LogP contribution in [0.15, 0.2) is 36.0 Å². The van der Waals surface area contributed by atoms with E-state index in [0.717, 1.165) is 11.3 Å². The van der Waals surface area contributed by atoms with Gasteiger partial charge >= 0.3 is 6.03 Å². The molecule has 164 valence electrons. The van der Waals surface area contributed by atoms with E-state index in [2.05, 4.69) is 5.32 Å². The molecule has 1 saturated heterocycles. The molecule has 3 rings (SSSR count). The smallest absolute Gasteiger partial charge is 0.329 e. The Morgan fingerprint density at radius 2 is 1.84 bits per heavy atom. The third-order valence-electron chi connectivity index (χ3n) is 4.74. The zero-order valence-corrected chi connectivity index (χ0v) is 19.4. The van der Waals surface area contributed by atoms with Gasteiger partial charge in [0.05, 0.1) is 34.8 Å². The molecular formula is C22H21Cl3N2O4. The Bertz CT molecular complexity index is 1060. The number of amides is 3. The van der Waals surface area contributed by atoms with Gasteiger partial charge in [-0.25, -0.2) is 4.79 Å².